The summed E-state index contributed by atoms with van der Waals surface area (Å²) in [7, 11) is 0. The molecule has 8 heteroatoms. The molecule has 1 N–H and O–H groups in total. The third-order valence-corrected chi connectivity index (χ3v) is 6.16. The molecule has 1 amide bonds. The highest BCUT2D eigenvalue weighted by Gasteiger charge is 2.25. The van der Waals surface area contributed by atoms with Gasteiger partial charge in [0.1, 0.15) is 0 Å². The van der Waals surface area contributed by atoms with Gasteiger partial charge in [-0.1, -0.05) is 54.2 Å². The lowest BCUT2D eigenvalue weighted by atomic mass is 10.2. The molecule has 0 spiro atoms. The summed E-state index contributed by atoms with van der Waals surface area (Å²) in [5.74, 6) is 0.0487. The standard InChI is InChI=1S/C26H25FN4O2S/c1-17-10-9-11-20(16-17)28-25(32)19(3)34-26-30-29-24(31(26)21-12-5-4-6-13-21)18(2)33-23-15-8-7-14-22(23)27/h4-16,18-19H,1-3H3,(H,28,32). The number of hydrogen-bond acceptors (Lipinski definition) is 5. The molecule has 0 aliphatic heterocycles. The Morgan fingerprint density at radius 3 is 2.47 bits per heavy atom. The van der Waals surface area contributed by atoms with Crippen molar-refractivity contribution in [2.24, 2.45) is 0 Å². The second kappa shape index (κ2) is 10.5. The van der Waals surface area contributed by atoms with Crippen LogP contribution in [0, 0.1) is 12.7 Å². The Labute approximate surface area is 202 Å². The molecule has 2 atom stereocenters. The average molecular weight is 477 g/mol. The Morgan fingerprint density at radius 1 is 1.00 bits per heavy atom. The zero-order chi connectivity index (χ0) is 24.1. The molecule has 4 rings (SSSR count). The minimum Gasteiger partial charge on any atom is -0.480 e. The van der Waals surface area contributed by atoms with Crippen molar-refractivity contribution < 1.29 is 13.9 Å². The lowest BCUT2D eigenvalue weighted by molar-refractivity contribution is -0.115. The molecule has 1 heterocycles. The molecule has 0 aliphatic rings. The molecule has 0 aliphatic carbocycles. The first kappa shape index (κ1) is 23.5. The summed E-state index contributed by atoms with van der Waals surface area (Å²) in [5, 5.41) is 11.7. The van der Waals surface area contributed by atoms with Gasteiger partial charge in [-0.25, -0.2) is 4.39 Å². The zero-order valence-corrected chi connectivity index (χ0v) is 19.9. The Morgan fingerprint density at radius 2 is 1.74 bits per heavy atom. The molecule has 3 aromatic carbocycles. The predicted molar refractivity (Wildman–Crippen MR) is 132 cm³/mol. The van der Waals surface area contributed by atoms with Crippen LogP contribution in [0.4, 0.5) is 10.1 Å². The third kappa shape index (κ3) is 5.46. The SMILES string of the molecule is Cc1cccc(NC(=O)C(C)Sc2nnc(C(C)Oc3ccccc3F)n2-c2ccccc2)c1. The van der Waals surface area contributed by atoms with E-state index in [2.05, 4.69) is 15.5 Å². The minimum absolute atomic E-state index is 0.137. The third-order valence-electron chi connectivity index (χ3n) is 5.11. The van der Waals surface area contributed by atoms with Crippen LogP contribution in [0.15, 0.2) is 84.0 Å². The molecule has 1 aromatic heterocycles. The van der Waals surface area contributed by atoms with Crippen molar-refractivity contribution in [3.05, 3.63) is 96.1 Å². The summed E-state index contributed by atoms with van der Waals surface area (Å²) in [4.78, 5) is 12.8. The van der Waals surface area contributed by atoms with Gasteiger partial charge in [-0.2, -0.15) is 0 Å². The van der Waals surface area contributed by atoms with Crippen LogP contribution in [0.25, 0.3) is 5.69 Å². The van der Waals surface area contributed by atoms with E-state index in [1.807, 2.05) is 73.0 Å². The van der Waals surface area contributed by atoms with Crippen LogP contribution in [0.5, 0.6) is 5.75 Å². The number of carbonyl (C=O) groups is 1. The first-order valence-electron chi connectivity index (χ1n) is 10.9. The van der Waals surface area contributed by atoms with Crippen molar-refractivity contribution >= 4 is 23.4 Å². The van der Waals surface area contributed by atoms with Gasteiger partial charge in [0.05, 0.1) is 5.25 Å². The van der Waals surface area contributed by atoms with E-state index < -0.39 is 17.2 Å². The maximum absolute atomic E-state index is 14.1. The van der Waals surface area contributed by atoms with Gasteiger partial charge in [0.2, 0.25) is 5.91 Å². The van der Waals surface area contributed by atoms with E-state index in [4.69, 9.17) is 4.74 Å². The van der Waals surface area contributed by atoms with Gasteiger partial charge in [-0.15, -0.1) is 10.2 Å². The number of rotatable bonds is 8. The molecule has 0 saturated carbocycles. The number of ether oxygens (including phenoxy) is 1. The zero-order valence-electron chi connectivity index (χ0n) is 19.1. The van der Waals surface area contributed by atoms with Gasteiger partial charge >= 0.3 is 0 Å². The number of aryl methyl sites for hydroxylation is 1. The minimum atomic E-state index is -0.588. The number of para-hydroxylation sites is 2. The van der Waals surface area contributed by atoms with Crippen LogP contribution in [-0.4, -0.2) is 25.9 Å². The average Bonchev–Trinajstić information content (AvgIpc) is 3.24. The van der Waals surface area contributed by atoms with Crippen LogP contribution in [0.3, 0.4) is 0 Å². The molecule has 34 heavy (non-hydrogen) atoms. The Balaban J connectivity index is 1.59. The Kier molecular flexibility index (Phi) is 7.27. The first-order chi connectivity index (χ1) is 16.4. The van der Waals surface area contributed by atoms with Gasteiger partial charge < -0.3 is 10.1 Å². The van der Waals surface area contributed by atoms with Crippen molar-refractivity contribution in [3.8, 4) is 11.4 Å². The normalized spacial score (nSPS) is 12.7. The largest absolute Gasteiger partial charge is 0.480 e. The highest BCUT2D eigenvalue weighted by Crippen LogP contribution is 2.31. The second-order valence-corrected chi connectivity index (χ2v) is 9.13. The van der Waals surface area contributed by atoms with Crippen molar-refractivity contribution in [2.45, 2.75) is 37.3 Å². The van der Waals surface area contributed by atoms with E-state index >= 15 is 0 Å². The summed E-state index contributed by atoms with van der Waals surface area (Å²) in [5.41, 5.74) is 2.63. The van der Waals surface area contributed by atoms with Gasteiger partial charge in [0.25, 0.3) is 0 Å². The van der Waals surface area contributed by atoms with E-state index in [0.717, 1.165) is 16.9 Å². The predicted octanol–water partition coefficient (Wildman–Crippen LogP) is 5.97. The number of aromatic nitrogens is 3. The van der Waals surface area contributed by atoms with E-state index in [9.17, 15) is 9.18 Å². The Hall–Kier alpha value is -3.65. The van der Waals surface area contributed by atoms with E-state index in [1.165, 1.54) is 17.8 Å². The van der Waals surface area contributed by atoms with Crippen molar-refractivity contribution in [2.75, 3.05) is 5.32 Å². The highest BCUT2D eigenvalue weighted by atomic mass is 32.2. The number of hydrogen-bond donors (Lipinski definition) is 1. The molecule has 0 fully saturated rings. The summed E-state index contributed by atoms with van der Waals surface area (Å²) in [6.45, 7) is 5.58. The summed E-state index contributed by atoms with van der Waals surface area (Å²) >= 11 is 1.29. The number of anilines is 1. The number of amides is 1. The summed E-state index contributed by atoms with van der Waals surface area (Å²) in [6.07, 6.45) is -0.588. The first-order valence-corrected chi connectivity index (χ1v) is 11.8. The number of benzene rings is 3. The molecule has 2 unspecified atom stereocenters. The van der Waals surface area contributed by atoms with Gasteiger partial charge in [-0.05, 0) is 62.7 Å². The molecule has 0 bridgehead atoms. The van der Waals surface area contributed by atoms with Gasteiger partial charge in [0.15, 0.2) is 28.7 Å². The number of carbonyl (C=O) groups excluding carboxylic acids is 1. The fourth-order valence-electron chi connectivity index (χ4n) is 3.40. The van der Waals surface area contributed by atoms with Crippen LogP contribution in [0.2, 0.25) is 0 Å². The van der Waals surface area contributed by atoms with Crippen LogP contribution in [-0.2, 0) is 4.79 Å². The van der Waals surface area contributed by atoms with Crippen molar-refractivity contribution in [3.63, 3.8) is 0 Å². The molecule has 174 valence electrons. The lowest BCUT2D eigenvalue weighted by Gasteiger charge is -2.18. The van der Waals surface area contributed by atoms with Crippen LogP contribution in [0.1, 0.15) is 31.3 Å². The summed E-state index contributed by atoms with van der Waals surface area (Å²) in [6, 6.07) is 23.5. The molecule has 4 aromatic rings. The van der Waals surface area contributed by atoms with Crippen molar-refractivity contribution in [1.29, 1.82) is 0 Å². The molecule has 0 saturated heterocycles. The maximum Gasteiger partial charge on any atom is 0.237 e. The summed E-state index contributed by atoms with van der Waals surface area (Å²) < 4.78 is 21.8. The number of halogens is 1. The fraction of sp³-hybridized carbons (Fsp3) is 0.192. The van der Waals surface area contributed by atoms with Gasteiger partial charge in [0, 0.05) is 11.4 Å². The van der Waals surface area contributed by atoms with E-state index in [1.54, 1.807) is 25.1 Å². The van der Waals surface area contributed by atoms with Crippen molar-refractivity contribution in [1.82, 2.24) is 14.8 Å². The number of thioether (sulfide) groups is 1. The highest BCUT2D eigenvalue weighted by molar-refractivity contribution is 8.00. The smallest absolute Gasteiger partial charge is 0.237 e. The monoisotopic (exact) mass is 476 g/mol. The Bertz CT molecular complexity index is 1280. The molecule has 0 radical (unpaired) electrons. The van der Waals surface area contributed by atoms with Crippen LogP contribution >= 0.6 is 11.8 Å². The second-order valence-electron chi connectivity index (χ2n) is 7.82. The topological polar surface area (TPSA) is 69.0 Å². The van der Waals surface area contributed by atoms with Crippen LogP contribution < -0.4 is 10.1 Å². The fourth-order valence-corrected chi connectivity index (χ4v) is 4.28. The quantitative estimate of drug-likeness (QED) is 0.317. The number of nitrogens with one attached hydrogen (secondary N) is 1. The van der Waals surface area contributed by atoms with E-state index in [0.29, 0.717) is 11.0 Å². The molecular formula is C26H25FN4O2S. The van der Waals surface area contributed by atoms with Gasteiger partial charge in [-0.3, -0.25) is 9.36 Å². The molecule has 6 nitrogen and oxygen atoms in total. The molecular weight excluding hydrogens is 451 g/mol. The maximum atomic E-state index is 14.1. The van der Waals surface area contributed by atoms with E-state index in [-0.39, 0.29) is 11.7 Å². The lowest BCUT2D eigenvalue weighted by Crippen LogP contribution is -2.23. The number of nitrogens with zero attached hydrogens (tertiary/aromatic N) is 3.